The van der Waals surface area contributed by atoms with E-state index in [0.29, 0.717) is 11.4 Å². The molecule has 0 radical (unpaired) electrons. The molecule has 0 aliphatic carbocycles. The maximum Gasteiger partial charge on any atom is 0.243 e. The van der Waals surface area contributed by atoms with Crippen molar-refractivity contribution in [1.82, 2.24) is 0 Å². The normalized spacial score (nSPS) is 11.1. The van der Waals surface area contributed by atoms with Gasteiger partial charge in [0, 0.05) is 11.3 Å². The zero-order valence-corrected chi connectivity index (χ0v) is 20.2. The number of benzene rings is 4. The number of sulfone groups is 1. The highest BCUT2D eigenvalue weighted by molar-refractivity contribution is 7.91. The number of rotatable bonds is 7. The van der Waals surface area contributed by atoms with Gasteiger partial charge in [0.25, 0.3) is 0 Å². The third-order valence-electron chi connectivity index (χ3n) is 5.12. The average molecular weight is 511 g/mol. The highest BCUT2D eigenvalue weighted by atomic mass is 35.5. The van der Waals surface area contributed by atoms with E-state index in [9.17, 15) is 13.2 Å². The number of nitrogens with one attached hydrogen (secondary N) is 2. The summed E-state index contributed by atoms with van der Waals surface area (Å²) in [4.78, 5) is 12.6. The van der Waals surface area contributed by atoms with Gasteiger partial charge >= 0.3 is 0 Å². The Morgan fingerprint density at radius 2 is 1.32 bits per heavy atom. The quantitative estimate of drug-likeness (QED) is 0.295. The Hall–Kier alpha value is -3.32. The average Bonchev–Trinajstić information content (AvgIpc) is 2.86. The van der Waals surface area contributed by atoms with Crippen molar-refractivity contribution in [1.29, 1.82) is 0 Å². The first kappa shape index (κ1) is 23.8. The monoisotopic (exact) mass is 510 g/mol. The molecule has 0 spiro atoms. The molecule has 0 atom stereocenters. The second kappa shape index (κ2) is 10.3. The van der Waals surface area contributed by atoms with Crippen molar-refractivity contribution in [3.8, 4) is 11.1 Å². The molecule has 0 aliphatic heterocycles. The van der Waals surface area contributed by atoms with Gasteiger partial charge in [-0.3, -0.25) is 4.79 Å². The number of halogens is 2. The van der Waals surface area contributed by atoms with Gasteiger partial charge in [-0.2, -0.15) is 0 Å². The van der Waals surface area contributed by atoms with Gasteiger partial charge in [0.05, 0.1) is 32.1 Å². The molecule has 0 saturated carbocycles. The van der Waals surface area contributed by atoms with Gasteiger partial charge < -0.3 is 10.6 Å². The Bertz CT molecular complexity index is 1430. The minimum absolute atomic E-state index is 0.0242. The molecule has 5 nitrogen and oxygen atoms in total. The van der Waals surface area contributed by atoms with Crippen LogP contribution < -0.4 is 10.6 Å². The molecule has 0 aliphatic rings. The molecule has 1 amide bonds. The van der Waals surface area contributed by atoms with Crippen LogP contribution in [0.3, 0.4) is 0 Å². The second-order valence-electron chi connectivity index (χ2n) is 7.37. The zero-order chi connectivity index (χ0) is 24.1. The van der Waals surface area contributed by atoms with Crippen LogP contribution >= 0.6 is 23.2 Å². The Labute approximate surface area is 208 Å². The molecule has 172 valence electrons. The van der Waals surface area contributed by atoms with E-state index in [1.54, 1.807) is 18.2 Å². The number of hydrogen-bond acceptors (Lipinski definition) is 4. The molecule has 0 heterocycles. The van der Waals surface area contributed by atoms with E-state index in [-0.39, 0.29) is 32.3 Å². The third-order valence-corrected chi connectivity index (χ3v) is 7.92. The first-order valence-corrected chi connectivity index (χ1v) is 12.6. The lowest BCUT2D eigenvalue weighted by atomic mass is 10.0. The minimum atomic E-state index is -3.84. The van der Waals surface area contributed by atoms with E-state index in [1.807, 2.05) is 54.6 Å². The second-order valence-corrected chi connectivity index (χ2v) is 10.0. The summed E-state index contributed by atoms with van der Waals surface area (Å²) < 4.78 is 25.8. The van der Waals surface area contributed by atoms with Crippen LogP contribution in [-0.2, 0) is 14.6 Å². The molecule has 0 unspecified atom stereocenters. The van der Waals surface area contributed by atoms with Crippen molar-refractivity contribution in [2.24, 2.45) is 0 Å². The van der Waals surface area contributed by atoms with Crippen molar-refractivity contribution in [3.05, 3.63) is 107 Å². The lowest BCUT2D eigenvalue weighted by Crippen LogP contribution is -2.22. The van der Waals surface area contributed by atoms with E-state index >= 15 is 0 Å². The van der Waals surface area contributed by atoms with Crippen LogP contribution in [0, 0.1) is 0 Å². The van der Waals surface area contributed by atoms with Gasteiger partial charge in [0.15, 0.2) is 0 Å². The van der Waals surface area contributed by atoms with Crippen molar-refractivity contribution in [3.63, 3.8) is 0 Å². The minimum Gasteiger partial charge on any atom is -0.375 e. The summed E-state index contributed by atoms with van der Waals surface area (Å²) >= 11 is 12.7. The molecule has 8 heteroatoms. The molecule has 0 fully saturated rings. The molecule has 2 N–H and O–H groups in total. The fraction of sp³-hybridized carbons (Fsp3) is 0.0385. The van der Waals surface area contributed by atoms with Crippen molar-refractivity contribution in [2.75, 3.05) is 17.2 Å². The molecule has 0 aromatic heterocycles. The Balaban J connectivity index is 1.49. The summed E-state index contributed by atoms with van der Waals surface area (Å²) in [5, 5.41) is 5.74. The molecular formula is C26H20Cl2N2O3S. The van der Waals surface area contributed by atoms with Crippen LogP contribution in [0.1, 0.15) is 0 Å². The Kier molecular flexibility index (Phi) is 7.22. The van der Waals surface area contributed by atoms with Crippen molar-refractivity contribution in [2.45, 2.75) is 9.79 Å². The SMILES string of the molecule is O=C(CNc1ccc(S(=O)(=O)c2ccccc2)c(Cl)c1Cl)Nc1ccccc1-c1ccccc1. The molecule has 4 rings (SSSR count). The van der Waals surface area contributed by atoms with E-state index in [4.69, 9.17) is 23.2 Å². The largest absolute Gasteiger partial charge is 0.375 e. The van der Waals surface area contributed by atoms with Gasteiger partial charge in [-0.15, -0.1) is 0 Å². The van der Waals surface area contributed by atoms with Crippen LogP contribution in [0.15, 0.2) is 107 Å². The number of carbonyl (C=O) groups is 1. The van der Waals surface area contributed by atoms with Crippen LogP contribution in [0.4, 0.5) is 11.4 Å². The van der Waals surface area contributed by atoms with Crippen LogP contribution in [0.25, 0.3) is 11.1 Å². The fourth-order valence-electron chi connectivity index (χ4n) is 3.43. The van der Waals surface area contributed by atoms with Gasteiger partial charge in [-0.1, -0.05) is 89.9 Å². The van der Waals surface area contributed by atoms with E-state index < -0.39 is 9.84 Å². The molecule has 34 heavy (non-hydrogen) atoms. The predicted molar refractivity (Wildman–Crippen MR) is 137 cm³/mol. The van der Waals surface area contributed by atoms with E-state index in [2.05, 4.69) is 10.6 Å². The highest BCUT2D eigenvalue weighted by Gasteiger charge is 2.23. The van der Waals surface area contributed by atoms with Gasteiger partial charge in [0.1, 0.15) is 0 Å². The summed E-state index contributed by atoms with van der Waals surface area (Å²) in [6.45, 7) is -0.0933. The van der Waals surface area contributed by atoms with Gasteiger partial charge in [-0.05, 0) is 35.9 Å². The fourth-order valence-corrected chi connectivity index (χ4v) is 5.55. The summed E-state index contributed by atoms with van der Waals surface area (Å²) in [6.07, 6.45) is 0. The zero-order valence-electron chi connectivity index (χ0n) is 17.8. The molecule has 4 aromatic rings. The number of amides is 1. The van der Waals surface area contributed by atoms with Crippen LogP contribution in [0.2, 0.25) is 10.0 Å². The standard InChI is InChI=1S/C26H20Cl2N2O3S/c27-25-22(15-16-23(26(25)28)34(32,33)19-11-5-2-6-12-19)29-17-24(31)30-21-14-8-7-13-20(21)18-9-3-1-4-10-18/h1-16,29H,17H2,(H,30,31). The summed E-state index contributed by atoms with van der Waals surface area (Å²) in [6, 6.07) is 28.1. The van der Waals surface area contributed by atoms with Gasteiger partial charge in [0.2, 0.25) is 15.7 Å². The van der Waals surface area contributed by atoms with Crippen molar-refractivity contribution < 1.29 is 13.2 Å². The first-order chi connectivity index (χ1) is 16.4. The third kappa shape index (κ3) is 5.09. The maximum atomic E-state index is 12.9. The Morgan fingerprint density at radius 1 is 0.706 bits per heavy atom. The first-order valence-electron chi connectivity index (χ1n) is 10.3. The lowest BCUT2D eigenvalue weighted by molar-refractivity contribution is -0.114. The number of carbonyl (C=O) groups excluding carboxylic acids is 1. The smallest absolute Gasteiger partial charge is 0.243 e. The van der Waals surface area contributed by atoms with Crippen LogP contribution in [0.5, 0.6) is 0 Å². The highest BCUT2D eigenvalue weighted by Crippen LogP contribution is 2.37. The van der Waals surface area contributed by atoms with Crippen molar-refractivity contribution >= 4 is 50.3 Å². The maximum absolute atomic E-state index is 12.9. The summed E-state index contributed by atoms with van der Waals surface area (Å²) in [5.41, 5.74) is 2.91. The van der Waals surface area contributed by atoms with Crippen LogP contribution in [-0.4, -0.2) is 20.9 Å². The lowest BCUT2D eigenvalue weighted by Gasteiger charge is -2.14. The predicted octanol–water partition coefficient (Wildman–Crippen LogP) is 6.54. The van der Waals surface area contributed by atoms with E-state index in [1.165, 1.54) is 24.3 Å². The molecule has 4 aromatic carbocycles. The number of anilines is 2. The number of hydrogen-bond donors (Lipinski definition) is 2. The van der Waals surface area contributed by atoms with Gasteiger partial charge in [-0.25, -0.2) is 8.42 Å². The Morgan fingerprint density at radius 3 is 2.03 bits per heavy atom. The molecular weight excluding hydrogens is 491 g/mol. The topological polar surface area (TPSA) is 75.3 Å². The molecule has 0 bridgehead atoms. The summed E-state index contributed by atoms with van der Waals surface area (Å²) in [5.74, 6) is -0.295. The van der Waals surface area contributed by atoms with E-state index in [0.717, 1.165) is 11.1 Å². The number of para-hydroxylation sites is 1. The molecule has 0 saturated heterocycles. The summed E-state index contributed by atoms with van der Waals surface area (Å²) in [7, 11) is -3.84.